The highest BCUT2D eigenvalue weighted by atomic mass is 32.2. The first-order chi connectivity index (χ1) is 12.2. The Morgan fingerprint density at radius 3 is 2.52 bits per heavy atom. The predicted molar refractivity (Wildman–Crippen MR) is 99.8 cm³/mol. The van der Waals surface area contributed by atoms with Gasteiger partial charge in [-0.15, -0.1) is 0 Å². The van der Waals surface area contributed by atoms with Gasteiger partial charge in [-0.2, -0.15) is 4.98 Å². The normalized spacial score (nSPS) is 12.4. The molecule has 2 aromatic heterocycles. The molecule has 5 heteroatoms. The van der Waals surface area contributed by atoms with Gasteiger partial charge in [0.2, 0.25) is 0 Å². The predicted octanol–water partition coefficient (Wildman–Crippen LogP) is 4.11. The highest BCUT2D eigenvalue weighted by Crippen LogP contribution is 2.31. The van der Waals surface area contributed by atoms with E-state index in [4.69, 9.17) is 0 Å². The third-order valence-electron chi connectivity index (χ3n) is 4.27. The topological polar surface area (TPSA) is 53.8 Å². The van der Waals surface area contributed by atoms with Gasteiger partial charge in [-0.1, -0.05) is 30.3 Å². The van der Waals surface area contributed by atoms with E-state index in [0.29, 0.717) is 5.16 Å². The van der Waals surface area contributed by atoms with Crippen LogP contribution in [0.1, 0.15) is 5.56 Å². The van der Waals surface area contributed by atoms with Crippen LogP contribution in [0.3, 0.4) is 0 Å². The Morgan fingerprint density at radius 1 is 0.960 bits per heavy atom. The van der Waals surface area contributed by atoms with Gasteiger partial charge in [0.25, 0.3) is 0 Å². The third-order valence-corrected chi connectivity index (χ3v) is 5.72. The monoisotopic (exact) mass is 347 g/mol. The molecule has 0 spiro atoms. The fourth-order valence-corrected chi connectivity index (χ4v) is 4.25. The second-order valence-electron chi connectivity index (χ2n) is 5.88. The lowest BCUT2D eigenvalue weighted by Gasteiger charge is -2.12. The highest BCUT2D eigenvalue weighted by molar-refractivity contribution is 7.91. The van der Waals surface area contributed by atoms with Crippen molar-refractivity contribution in [2.24, 2.45) is 7.05 Å². The molecule has 2 aromatic carbocycles. The van der Waals surface area contributed by atoms with Gasteiger partial charge in [0, 0.05) is 13.2 Å². The highest BCUT2D eigenvalue weighted by Gasteiger charge is 2.26. The van der Waals surface area contributed by atoms with Crippen LogP contribution in [-0.2, 0) is 18.2 Å². The van der Waals surface area contributed by atoms with Crippen LogP contribution in [0.4, 0.5) is 0 Å². The average molecular weight is 347 g/mol. The maximum Gasteiger partial charge on any atom is 0.329 e. The van der Waals surface area contributed by atoms with Crippen molar-refractivity contribution in [3.8, 4) is 11.3 Å². The zero-order chi connectivity index (χ0) is 17.4. The number of hydrogen-bond acceptors (Lipinski definition) is 3. The first-order valence-corrected chi connectivity index (χ1v) is 9.16. The molecule has 4 aromatic rings. The molecule has 2 heterocycles. The van der Waals surface area contributed by atoms with Crippen LogP contribution in [0, 0.1) is 6.92 Å². The van der Waals surface area contributed by atoms with Crippen LogP contribution in [-0.4, -0.2) is 19.1 Å². The lowest BCUT2D eigenvalue weighted by molar-refractivity contribution is 0.580. The van der Waals surface area contributed by atoms with Crippen molar-refractivity contribution >= 4 is 22.2 Å². The molecule has 1 atom stereocenters. The van der Waals surface area contributed by atoms with Crippen molar-refractivity contribution in [3.05, 3.63) is 72.4 Å². The van der Waals surface area contributed by atoms with Gasteiger partial charge >= 0.3 is 5.16 Å². The summed E-state index contributed by atoms with van der Waals surface area (Å²) in [5.74, 6) is 0. The molecule has 0 radical (unpaired) electrons. The van der Waals surface area contributed by atoms with E-state index in [0.717, 1.165) is 32.7 Å². The summed E-state index contributed by atoms with van der Waals surface area (Å²) < 4.78 is 15.3. The quantitative estimate of drug-likeness (QED) is 0.524. The van der Waals surface area contributed by atoms with Gasteiger partial charge in [0.05, 0.1) is 33.5 Å². The minimum absolute atomic E-state index is 0.549. The van der Waals surface area contributed by atoms with Crippen molar-refractivity contribution in [1.29, 1.82) is 0 Å². The fraction of sp³-hybridized carbons (Fsp3) is 0.100. The Kier molecular flexibility index (Phi) is 4.03. The van der Waals surface area contributed by atoms with Gasteiger partial charge in [0.1, 0.15) is 0 Å². The lowest BCUT2D eigenvalue weighted by Crippen LogP contribution is -2.10. The van der Waals surface area contributed by atoms with E-state index in [2.05, 4.69) is 9.97 Å². The number of rotatable bonds is 3. The molecule has 0 aliphatic heterocycles. The van der Waals surface area contributed by atoms with E-state index < -0.39 is 11.2 Å². The van der Waals surface area contributed by atoms with Crippen LogP contribution in [0.25, 0.3) is 22.3 Å². The number of imidazole rings is 1. The minimum Gasteiger partial charge on any atom is -0.604 e. The molecule has 25 heavy (non-hydrogen) atoms. The summed E-state index contributed by atoms with van der Waals surface area (Å²) >= 11 is -1.40. The molecule has 4 rings (SSSR count). The largest absolute Gasteiger partial charge is 0.604 e. The molecule has 0 aliphatic rings. The molecule has 124 valence electrons. The molecule has 0 amide bonds. The van der Waals surface area contributed by atoms with Crippen LogP contribution >= 0.6 is 0 Å². The summed E-state index contributed by atoms with van der Waals surface area (Å²) in [4.78, 5) is 9.79. The Balaban J connectivity index is 1.87. The maximum absolute atomic E-state index is 13.3. The lowest BCUT2D eigenvalue weighted by atomic mass is 10.1. The second-order valence-corrected chi connectivity index (χ2v) is 7.22. The Labute approximate surface area is 149 Å². The van der Waals surface area contributed by atoms with Crippen LogP contribution < -0.4 is 0 Å². The van der Waals surface area contributed by atoms with Gasteiger partial charge in [0.15, 0.2) is 4.90 Å². The maximum atomic E-state index is 13.3. The average Bonchev–Trinajstić information content (AvgIpc) is 3.00. The van der Waals surface area contributed by atoms with E-state index in [1.807, 2.05) is 79.2 Å². The molecule has 4 nitrogen and oxygen atoms in total. The summed E-state index contributed by atoms with van der Waals surface area (Å²) in [6, 6.07) is 19.4. The number of aryl methyl sites for hydroxylation is 2. The van der Waals surface area contributed by atoms with Crippen molar-refractivity contribution < 1.29 is 4.55 Å². The van der Waals surface area contributed by atoms with Gasteiger partial charge < -0.3 is 4.55 Å². The number of benzene rings is 2. The number of nitrogens with zero attached hydrogens (tertiary/aromatic N) is 3. The molecule has 0 aliphatic carbocycles. The number of aromatic nitrogens is 3. The van der Waals surface area contributed by atoms with Gasteiger partial charge in [-0.25, -0.2) is 0 Å². The smallest absolute Gasteiger partial charge is 0.329 e. The van der Waals surface area contributed by atoms with Crippen molar-refractivity contribution in [2.75, 3.05) is 0 Å². The van der Waals surface area contributed by atoms with Crippen molar-refractivity contribution in [2.45, 2.75) is 17.0 Å². The summed E-state index contributed by atoms with van der Waals surface area (Å²) in [5.41, 5.74) is 4.63. The Hall–Kier alpha value is -2.63. The zero-order valence-corrected chi connectivity index (χ0v) is 14.8. The summed E-state index contributed by atoms with van der Waals surface area (Å²) in [5, 5.41) is 0.549. The van der Waals surface area contributed by atoms with Crippen molar-refractivity contribution in [1.82, 2.24) is 14.5 Å². The molecule has 0 fully saturated rings. The molecule has 0 saturated carbocycles. The van der Waals surface area contributed by atoms with Crippen LogP contribution in [0.5, 0.6) is 0 Å². The Morgan fingerprint density at radius 2 is 1.76 bits per heavy atom. The zero-order valence-electron chi connectivity index (χ0n) is 14.0. The van der Waals surface area contributed by atoms with Crippen molar-refractivity contribution in [3.63, 3.8) is 0 Å². The SMILES string of the molecule is Cc1cccc2c1nc([S+]([O-])c1ccccc1-c1ccccn1)n2C. The van der Waals surface area contributed by atoms with E-state index >= 15 is 0 Å². The standard InChI is InChI=1S/C20H17N3OS/c1-14-8-7-11-17-19(14)22-20(23(17)2)25(24)18-12-4-3-9-15(18)16-10-5-6-13-21-16/h3-13H,1-2H3. The summed E-state index contributed by atoms with van der Waals surface area (Å²) in [6.45, 7) is 2.02. The number of hydrogen-bond donors (Lipinski definition) is 0. The number of pyridine rings is 1. The fourth-order valence-electron chi connectivity index (χ4n) is 2.96. The second kappa shape index (κ2) is 6.35. The van der Waals surface area contributed by atoms with Crippen LogP contribution in [0.15, 0.2) is 76.9 Å². The minimum atomic E-state index is -1.40. The molecule has 0 N–H and O–H groups in total. The van der Waals surface area contributed by atoms with E-state index in [-0.39, 0.29) is 0 Å². The van der Waals surface area contributed by atoms with E-state index in [1.165, 1.54) is 0 Å². The molecule has 0 bridgehead atoms. The van der Waals surface area contributed by atoms with E-state index in [1.54, 1.807) is 6.20 Å². The number of fused-ring (bicyclic) bond motifs is 1. The molecule has 0 saturated heterocycles. The molecular weight excluding hydrogens is 330 g/mol. The van der Waals surface area contributed by atoms with Crippen LogP contribution in [0.2, 0.25) is 0 Å². The first kappa shape index (κ1) is 15.9. The summed E-state index contributed by atoms with van der Waals surface area (Å²) in [6.07, 6.45) is 1.74. The van der Waals surface area contributed by atoms with E-state index in [9.17, 15) is 4.55 Å². The first-order valence-electron chi connectivity index (χ1n) is 8.01. The Bertz CT molecular complexity index is 1040. The summed E-state index contributed by atoms with van der Waals surface area (Å²) in [7, 11) is 1.91. The number of para-hydroxylation sites is 1. The van der Waals surface area contributed by atoms with Gasteiger partial charge in [-0.05, 0) is 42.8 Å². The molecular formula is C20H17N3OS. The van der Waals surface area contributed by atoms with Gasteiger partial charge in [-0.3, -0.25) is 9.55 Å². The third kappa shape index (κ3) is 2.71. The molecule has 1 unspecified atom stereocenters.